The zero-order valence-electron chi connectivity index (χ0n) is 13.0. The molecular weight excluding hydrogens is 270 g/mol. The molecule has 0 fully saturated rings. The van der Waals surface area contributed by atoms with Crippen molar-refractivity contribution in [1.82, 2.24) is 9.55 Å². The summed E-state index contributed by atoms with van der Waals surface area (Å²) in [6, 6.07) is 17.0. The van der Waals surface area contributed by atoms with Crippen LogP contribution in [-0.2, 0) is 0 Å². The fourth-order valence-electron chi connectivity index (χ4n) is 2.46. The van der Waals surface area contributed by atoms with Crippen LogP contribution in [0.5, 0.6) is 0 Å². The number of hydrogen-bond donors (Lipinski definition) is 0. The Kier molecular flexibility index (Phi) is 3.52. The summed E-state index contributed by atoms with van der Waals surface area (Å²) in [5.41, 5.74) is 6.08. The fourth-order valence-corrected chi connectivity index (χ4v) is 2.46. The van der Waals surface area contributed by atoms with Gasteiger partial charge in [0.2, 0.25) is 0 Å². The van der Waals surface area contributed by atoms with Crippen LogP contribution in [0.25, 0.3) is 22.4 Å². The summed E-state index contributed by atoms with van der Waals surface area (Å²) in [6.07, 6.45) is 5.73. The highest BCUT2D eigenvalue weighted by molar-refractivity contribution is 6.01. The van der Waals surface area contributed by atoms with E-state index in [0.717, 1.165) is 33.7 Å². The van der Waals surface area contributed by atoms with Crippen molar-refractivity contribution in [1.29, 1.82) is 0 Å². The highest BCUT2D eigenvalue weighted by Crippen LogP contribution is 2.25. The lowest BCUT2D eigenvalue weighted by Crippen LogP contribution is -1.96. The molecule has 0 aliphatic rings. The van der Waals surface area contributed by atoms with Gasteiger partial charge in [-0.25, -0.2) is 4.98 Å². The Morgan fingerprint density at radius 2 is 1.91 bits per heavy atom. The quantitative estimate of drug-likeness (QED) is 0.519. The van der Waals surface area contributed by atoms with E-state index in [0.29, 0.717) is 0 Å². The minimum absolute atomic E-state index is 0.792. The summed E-state index contributed by atoms with van der Waals surface area (Å²) in [5.74, 6) is 0.792. The molecule has 0 saturated carbocycles. The van der Waals surface area contributed by atoms with Gasteiger partial charge in [-0.2, -0.15) is 0 Å². The molecule has 3 rings (SSSR count). The van der Waals surface area contributed by atoms with E-state index in [9.17, 15) is 0 Å². The fraction of sp³-hybridized carbons (Fsp3) is 0.158. The number of benzene rings is 2. The van der Waals surface area contributed by atoms with Gasteiger partial charge in [0, 0.05) is 24.4 Å². The van der Waals surface area contributed by atoms with Gasteiger partial charge >= 0.3 is 0 Å². The van der Waals surface area contributed by atoms with Crippen LogP contribution in [-0.4, -0.2) is 22.3 Å². The molecule has 0 spiro atoms. The van der Waals surface area contributed by atoms with E-state index in [1.807, 2.05) is 37.3 Å². The van der Waals surface area contributed by atoms with Crippen molar-refractivity contribution >= 4 is 16.7 Å². The zero-order chi connectivity index (χ0) is 15.7. The van der Waals surface area contributed by atoms with E-state index in [2.05, 4.69) is 30.1 Å². The lowest BCUT2D eigenvalue weighted by atomic mass is 10.1. The molecule has 0 aliphatic heterocycles. The van der Waals surface area contributed by atoms with Gasteiger partial charge in [-0.3, -0.25) is 9.56 Å². The van der Waals surface area contributed by atoms with E-state index in [1.165, 1.54) is 5.56 Å². The summed E-state index contributed by atoms with van der Waals surface area (Å²) in [4.78, 5) is 8.92. The first-order chi connectivity index (χ1) is 10.6. The van der Waals surface area contributed by atoms with Gasteiger partial charge in [0.1, 0.15) is 0 Å². The van der Waals surface area contributed by atoms with Gasteiger partial charge in [0.25, 0.3) is 0 Å². The third kappa shape index (κ3) is 2.29. The number of aromatic nitrogens is 2. The van der Waals surface area contributed by atoms with Crippen LogP contribution in [0.4, 0.5) is 0 Å². The Morgan fingerprint density at radius 1 is 1.18 bits per heavy atom. The summed E-state index contributed by atoms with van der Waals surface area (Å²) in [5, 5.41) is 0. The van der Waals surface area contributed by atoms with Gasteiger partial charge in [-0.1, -0.05) is 42.3 Å². The van der Waals surface area contributed by atoms with E-state index in [4.69, 9.17) is 11.4 Å². The molecule has 0 saturated heterocycles. The third-order valence-electron chi connectivity index (χ3n) is 3.85. The molecular formula is C19H17N3. The predicted molar refractivity (Wildman–Crippen MR) is 92.3 cm³/mol. The second-order valence-electron chi connectivity index (χ2n) is 5.28. The minimum Gasteiger partial charge on any atom is -0.293 e. The minimum atomic E-state index is 0.792. The predicted octanol–water partition coefficient (Wildman–Crippen LogP) is 3.89. The maximum atomic E-state index is 5.73. The zero-order valence-corrected chi connectivity index (χ0v) is 13.0. The molecule has 0 N–H and O–H groups in total. The maximum Gasteiger partial charge on any atom is 0.152 e. The molecule has 3 heteroatoms. The first kappa shape index (κ1) is 14.1. The second kappa shape index (κ2) is 5.50. The number of terminal acetylenes is 1. The summed E-state index contributed by atoms with van der Waals surface area (Å²) in [7, 11) is 1.79. The van der Waals surface area contributed by atoms with Crippen molar-refractivity contribution in [2.75, 3.05) is 7.05 Å². The van der Waals surface area contributed by atoms with Crippen LogP contribution in [0.1, 0.15) is 18.1 Å². The van der Waals surface area contributed by atoms with E-state index in [-0.39, 0.29) is 0 Å². The number of imidazole rings is 1. The van der Waals surface area contributed by atoms with E-state index < -0.39 is 0 Å². The summed E-state index contributed by atoms with van der Waals surface area (Å²) >= 11 is 0. The Balaban J connectivity index is 2.25. The van der Waals surface area contributed by atoms with Gasteiger partial charge in [0.15, 0.2) is 5.82 Å². The monoisotopic (exact) mass is 287 g/mol. The second-order valence-corrected chi connectivity index (χ2v) is 5.28. The van der Waals surface area contributed by atoms with Crippen LogP contribution >= 0.6 is 0 Å². The first-order valence-corrected chi connectivity index (χ1v) is 7.14. The number of nitrogens with zero attached hydrogens (tertiary/aromatic N) is 3. The topological polar surface area (TPSA) is 30.2 Å². The molecule has 0 radical (unpaired) electrons. The summed E-state index contributed by atoms with van der Waals surface area (Å²) < 4.78 is 1.80. The van der Waals surface area contributed by atoms with E-state index in [1.54, 1.807) is 11.6 Å². The van der Waals surface area contributed by atoms with Crippen molar-refractivity contribution in [2.24, 2.45) is 4.99 Å². The molecule has 1 aromatic heterocycles. The van der Waals surface area contributed by atoms with Gasteiger partial charge in [0.05, 0.1) is 11.0 Å². The van der Waals surface area contributed by atoms with Gasteiger partial charge in [-0.05, 0) is 31.5 Å². The van der Waals surface area contributed by atoms with Crippen LogP contribution in [0.2, 0.25) is 0 Å². The highest BCUT2D eigenvalue weighted by atomic mass is 15.1. The molecule has 1 heterocycles. The van der Waals surface area contributed by atoms with Crippen molar-refractivity contribution in [2.45, 2.75) is 13.8 Å². The SMILES string of the molecule is C#Cn1c(-c2ccc(C)cc2)nc2ccc(C(C)=NC)cc21. The largest absolute Gasteiger partial charge is 0.293 e. The Bertz CT molecular complexity index is 906. The average molecular weight is 287 g/mol. The van der Waals surface area contributed by atoms with Crippen LogP contribution in [0.15, 0.2) is 47.5 Å². The number of aliphatic imine (C=N–C) groups is 1. The van der Waals surface area contributed by atoms with Crippen LogP contribution < -0.4 is 0 Å². The standard InChI is InChI=1S/C19H17N3/c1-5-22-18-12-16(14(3)20-4)10-11-17(18)21-19(22)15-8-6-13(2)7-9-15/h1,6-12H,2-4H3. The smallest absolute Gasteiger partial charge is 0.152 e. The van der Waals surface area contributed by atoms with Crippen molar-refractivity contribution in [3.8, 4) is 23.9 Å². The Labute approximate surface area is 130 Å². The molecule has 108 valence electrons. The summed E-state index contributed by atoms with van der Waals surface area (Å²) in [6.45, 7) is 4.05. The lowest BCUT2D eigenvalue weighted by molar-refractivity contribution is 1.16. The van der Waals surface area contributed by atoms with Crippen LogP contribution in [0, 0.1) is 19.4 Å². The van der Waals surface area contributed by atoms with Crippen LogP contribution in [0.3, 0.4) is 0 Å². The number of rotatable bonds is 2. The molecule has 0 bridgehead atoms. The third-order valence-corrected chi connectivity index (χ3v) is 3.85. The highest BCUT2D eigenvalue weighted by Gasteiger charge is 2.12. The average Bonchev–Trinajstić information content (AvgIpc) is 2.92. The van der Waals surface area contributed by atoms with Crippen molar-refractivity contribution in [3.63, 3.8) is 0 Å². The lowest BCUT2D eigenvalue weighted by Gasteiger charge is -2.03. The molecule has 2 aromatic carbocycles. The Hall–Kier alpha value is -2.86. The molecule has 3 aromatic rings. The number of fused-ring (bicyclic) bond motifs is 1. The molecule has 0 atom stereocenters. The molecule has 22 heavy (non-hydrogen) atoms. The normalized spacial score (nSPS) is 11.6. The maximum absolute atomic E-state index is 5.73. The van der Waals surface area contributed by atoms with Gasteiger partial charge in [-0.15, -0.1) is 0 Å². The molecule has 0 unspecified atom stereocenters. The Morgan fingerprint density at radius 3 is 2.55 bits per heavy atom. The molecule has 3 nitrogen and oxygen atoms in total. The van der Waals surface area contributed by atoms with Crippen molar-refractivity contribution < 1.29 is 0 Å². The number of hydrogen-bond acceptors (Lipinski definition) is 2. The van der Waals surface area contributed by atoms with Crippen molar-refractivity contribution in [3.05, 3.63) is 53.6 Å². The van der Waals surface area contributed by atoms with Gasteiger partial charge < -0.3 is 0 Å². The molecule has 0 amide bonds. The first-order valence-electron chi connectivity index (χ1n) is 7.14. The number of aryl methyl sites for hydroxylation is 1. The molecule has 0 aliphatic carbocycles. The van der Waals surface area contributed by atoms with E-state index >= 15 is 0 Å².